The SMILES string of the molecule is CCC(C)(C)N(C)Cc1cn(CCN)cn1. The Morgan fingerprint density at radius 2 is 2.19 bits per heavy atom. The first-order valence-electron chi connectivity index (χ1n) is 5.91. The normalized spacial score (nSPS) is 12.4. The van der Waals surface area contributed by atoms with E-state index in [4.69, 9.17) is 5.73 Å². The minimum Gasteiger partial charge on any atom is -0.336 e. The Morgan fingerprint density at radius 1 is 1.50 bits per heavy atom. The molecule has 0 unspecified atom stereocenters. The van der Waals surface area contributed by atoms with Crippen LogP contribution in [0.15, 0.2) is 12.5 Å². The van der Waals surface area contributed by atoms with Crippen molar-refractivity contribution in [1.29, 1.82) is 0 Å². The maximum atomic E-state index is 5.50. The third kappa shape index (κ3) is 3.32. The van der Waals surface area contributed by atoms with Gasteiger partial charge in [-0.1, -0.05) is 6.92 Å². The van der Waals surface area contributed by atoms with Crippen molar-refractivity contribution in [2.45, 2.75) is 45.8 Å². The lowest BCUT2D eigenvalue weighted by molar-refractivity contribution is 0.141. The zero-order valence-electron chi connectivity index (χ0n) is 10.9. The number of hydrogen-bond donors (Lipinski definition) is 1. The summed E-state index contributed by atoms with van der Waals surface area (Å²) in [6.07, 6.45) is 5.07. The van der Waals surface area contributed by atoms with Crippen LogP contribution in [0.1, 0.15) is 32.9 Å². The van der Waals surface area contributed by atoms with Crippen molar-refractivity contribution in [1.82, 2.24) is 14.5 Å². The monoisotopic (exact) mass is 224 g/mol. The van der Waals surface area contributed by atoms with E-state index >= 15 is 0 Å². The summed E-state index contributed by atoms with van der Waals surface area (Å²) < 4.78 is 2.04. The number of nitrogens with two attached hydrogens (primary N) is 1. The van der Waals surface area contributed by atoms with Crippen molar-refractivity contribution >= 4 is 0 Å². The van der Waals surface area contributed by atoms with E-state index in [1.54, 1.807) is 0 Å². The Hall–Kier alpha value is -0.870. The predicted molar refractivity (Wildman–Crippen MR) is 67.1 cm³/mol. The molecule has 0 saturated heterocycles. The van der Waals surface area contributed by atoms with Gasteiger partial charge in [0, 0.05) is 31.4 Å². The molecule has 0 aliphatic heterocycles. The fourth-order valence-corrected chi connectivity index (χ4v) is 1.49. The molecule has 1 heterocycles. The highest BCUT2D eigenvalue weighted by Gasteiger charge is 2.21. The van der Waals surface area contributed by atoms with Crippen LogP contribution in [0.3, 0.4) is 0 Å². The van der Waals surface area contributed by atoms with E-state index in [-0.39, 0.29) is 5.54 Å². The van der Waals surface area contributed by atoms with E-state index < -0.39 is 0 Å². The average molecular weight is 224 g/mol. The number of aromatic nitrogens is 2. The van der Waals surface area contributed by atoms with Gasteiger partial charge >= 0.3 is 0 Å². The van der Waals surface area contributed by atoms with Crippen LogP contribution >= 0.6 is 0 Å². The highest BCUT2D eigenvalue weighted by Crippen LogP contribution is 2.18. The smallest absolute Gasteiger partial charge is 0.0950 e. The van der Waals surface area contributed by atoms with Gasteiger partial charge in [0.15, 0.2) is 0 Å². The molecule has 16 heavy (non-hydrogen) atoms. The van der Waals surface area contributed by atoms with Crippen LogP contribution in [0.25, 0.3) is 0 Å². The number of rotatable bonds is 6. The van der Waals surface area contributed by atoms with E-state index in [1.165, 1.54) is 0 Å². The van der Waals surface area contributed by atoms with Crippen LogP contribution < -0.4 is 5.73 Å². The quantitative estimate of drug-likeness (QED) is 0.796. The number of imidazole rings is 1. The molecule has 1 aromatic rings. The van der Waals surface area contributed by atoms with Crippen molar-refractivity contribution in [3.63, 3.8) is 0 Å². The zero-order chi connectivity index (χ0) is 12.2. The maximum absolute atomic E-state index is 5.50. The predicted octanol–water partition coefficient (Wildman–Crippen LogP) is 1.46. The van der Waals surface area contributed by atoms with E-state index in [0.717, 1.165) is 25.2 Å². The van der Waals surface area contributed by atoms with Gasteiger partial charge < -0.3 is 10.3 Å². The molecule has 92 valence electrons. The van der Waals surface area contributed by atoms with Gasteiger partial charge in [0.1, 0.15) is 0 Å². The number of nitrogens with zero attached hydrogens (tertiary/aromatic N) is 3. The fraction of sp³-hybridized carbons (Fsp3) is 0.750. The topological polar surface area (TPSA) is 47.1 Å². The van der Waals surface area contributed by atoms with Gasteiger partial charge in [-0.2, -0.15) is 0 Å². The summed E-state index contributed by atoms with van der Waals surface area (Å²) in [5.74, 6) is 0. The molecule has 0 radical (unpaired) electrons. The van der Waals surface area contributed by atoms with E-state index in [2.05, 4.69) is 43.9 Å². The molecule has 0 aromatic carbocycles. The molecule has 0 amide bonds. The first-order valence-corrected chi connectivity index (χ1v) is 5.91. The summed E-state index contributed by atoms with van der Waals surface area (Å²) in [5, 5.41) is 0. The van der Waals surface area contributed by atoms with Crippen LogP contribution in [-0.2, 0) is 13.1 Å². The van der Waals surface area contributed by atoms with Gasteiger partial charge in [0.05, 0.1) is 12.0 Å². The minimum atomic E-state index is 0.220. The molecule has 2 N–H and O–H groups in total. The van der Waals surface area contributed by atoms with Crippen molar-refractivity contribution < 1.29 is 0 Å². The van der Waals surface area contributed by atoms with Gasteiger partial charge in [-0.3, -0.25) is 4.90 Å². The minimum absolute atomic E-state index is 0.220. The molecule has 0 saturated carbocycles. The van der Waals surface area contributed by atoms with Crippen molar-refractivity contribution in [3.05, 3.63) is 18.2 Å². The van der Waals surface area contributed by atoms with Crippen molar-refractivity contribution in [2.75, 3.05) is 13.6 Å². The third-order valence-corrected chi connectivity index (χ3v) is 3.37. The van der Waals surface area contributed by atoms with Crippen molar-refractivity contribution in [2.24, 2.45) is 5.73 Å². The van der Waals surface area contributed by atoms with Crippen LogP contribution in [0.2, 0.25) is 0 Å². The van der Waals surface area contributed by atoms with E-state index in [9.17, 15) is 0 Å². The molecule has 4 heteroatoms. The van der Waals surface area contributed by atoms with Crippen LogP contribution in [0.5, 0.6) is 0 Å². The van der Waals surface area contributed by atoms with Gasteiger partial charge in [0.25, 0.3) is 0 Å². The molecule has 0 bridgehead atoms. The molecule has 0 atom stereocenters. The van der Waals surface area contributed by atoms with Gasteiger partial charge in [0.2, 0.25) is 0 Å². The maximum Gasteiger partial charge on any atom is 0.0950 e. The Bertz CT molecular complexity index is 317. The summed E-state index contributed by atoms with van der Waals surface area (Å²) in [6.45, 7) is 9.11. The lowest BCUT2D eigenvalue weighted by atomic mass is 10.00. The molecule has 0 aliphatic carbocycles. The van der Waals surface area contributed by atoms with Crippen LogP contribution in [0.4, 0.5) is 0 Å². The Balaban J connectivity index is 2.59. The molecule has 1 aromatic heterocycles. The summed E-state index contributed by atoms with van der Waals surface area (Å²) in [7, 11) is 2.14. The average Bonchev–Trinajstić information content (AvgIpc) is 2.66. The fourth-order valence-electron chi connectivity index (χ4n) is 1.49. The highest BCUT2D eigenvalue weighted by atomic mass is 15.2. The Morgan fingerprint density at radius 3 is 2.75 bits per heavy atom. The second kappa shape index (κ2) is 5.46. The summed E-state index contributed by atoms with van der Waals surface area (Å²) in [4.78, 5) is 6.72. The Labute approximate surface area is 98.5 Å². The first kappa shape index (κ1) is 13.2. The number of hydrogen-bond acceptors (Lipinski definition) is 3. The summed E-state index contributed by atoms with van der Waals surface area (Å²) in [5.41, 5.74) is 6.83. The van der Waals surface area contributed by atoms with E-state index in [0.29, 0.717) is 6.54 Å². The lowest BCUT2D eigenvalue weighted by Gasteiger charge is -2.34. The standard InChI is InChI=1S/C12H24N4/c1-5-12(2,3)15(4)8-11-9-16(7-6-13)10-14-11/h9-10H,5-8,13H2,1-4H3. The molecule has 1 rings (SSSR count). The molecular formula is C12H24N4. The van der Waals surface area contributed by atoms with E-state index in [1.807, 2.05) is 10.9 Å². The van der Waals surface area contributed by atoms with Gasteiger partial charge in [-0.15, -0.1) is 0 Å². The second-order valence-corrected chi connectivity index (χ2v) is 4.91. The molecule has 0 aliphatic rings. The lowest BCUT2D eigenvalue weighted by Crippen LogP contribution is -2.39. The summed E-state index contributed by atoms with van der Waals surface area (Å²) >= 11 is 0. The molecule has 0 fully saturated rings. The molecular weight excluding hydrogens is 200 g/mol. The molecule has 4 nitrogen and oxygen atoms in total. The van der Waals surface area contributed by atoms with Crippen molar-refractivity contribution in [3.8, 4) is 0 Å². The Kier molecular flexibility index (Phi) is 4.50. The zero-order valence-corrected chi connectivity index (χ0v) is 10.9. The van der Waals surface area contributed by atoms with Gasteiger partial charge in [-0.25, -0.2) is 4.98 Å². The molecule has 0 spiro atoms. The van der Waals surface area contributed by atoms with Crippen LogP contribution in [0, 0.1) is 0 Å². The van der Waals surface area contributed by atoms with Gasteiger partial charge in [-0.05, 0) is 27.3 Å². The largest absolute Gasteiger partial charge is 0.336 e. The highest BCUT2D eigenvalue weighted by molar-refractivity contribution is 4.98. The first-order chi connectivity index (χ1) is 7.49. The third-order valence-electron chi connectivity index (χ3n) is 3.37. The second-order valence-electron chi connectivity index (χ2n) is 4.91. The van der Waals surface area contributed by atoms with Crippen LogP contribution in [-0.4, -0.2) is 33.6 Å². The summed E-state index contributed by atoms with van der Waals surface area (Å²) in [6, 6.07) is 0.